The summed E-state index contributed by atoms with van der Waals surface area (Å²) in [6.07, 6.45) is 2.54. The van der Waals surface area contributed by atoms with Gasteiger partial charge in [0.05, 0.1) is 10.9 Å². The Labute approximate surface area is 120 Å². The van der Waals surface area contributed by atoms with Crippen LogP contribution in [0.25, 0.3) is 22.4 Å². The Hall–Kier alpha value is -2.63. The quantitative estimate of drug-likeness (QED) is 0.719. The Morgan fingerprint density at radius 2 is 2.14 bits per heavy atom. The first-order valence-electron chi connectivity index (χ1n) is 6.79. The maximum atomic E-state index is 14.7. The molecule has 4 rings (SSSR count). The topological polar surface area (TPSA) is 68.8 Å². The van der Waals surface area contributed by atoms with Crippen molar-refractivity contribution in [2.45, 2.75) is 6.42 Å². The number of nitrogens with zero attached hydrogens (tertiary/aromatic N) is 3. The first-order valence-corrected chi connectivity index (χ1v) is 6.79. The highest BCUT2D eigenvalue weighted by atomic mass is 19.1. The number of hydrogen-bond donors (Lipinski definition) is 2. The van der Waals surface area contributed by atoms with Gasteiger partial charge in [0.25, 0.3) is 0 Å². The fraction of sp³-hybridized carbons (Fsp3) is 0.200. The Kier molecular flexibility index (Phi) is 2.42. The van der Waals surface area contributed by atoms with Gasteiger partial charge in [0.1, 0.15) is 17.3 Å². The van der Waals surface area contributed by atoms with Gasteiger partial charge in [0.2, 0.25) is 0 Å². The number of rotatable bonds is 1. The second-order valence-electron chi connectivity index (χ2n) is 5.23. The van der Waals surface area contributed by atoms with Gasteiger partial charge in [-0.1, -0.05) is 0 Å². The van der Waals surface area contributed by atoms with Crippen molar-refractivity contribution in [2.75, 3.05) is 17.6 Å². The van der Waals surface area contributed by atoms with Gasteiger partial charge in [-0.3, -0.25) is 0 Å². The standard InChI is InChI=1S/C15H14FN5/c1-21-7-5-10-13(17)19-14(20-15(10)21)9-2-3-11-8(12(9)16)4-6-18-11/h2-3,5,7,18H,4,6H2,1H3,(H2,17,19,20). The molecule has 0 unspecified atom stereocenters. The van der Waals surface area contributed by atoms with Crippen molar-refractivity contribution in [2.24, 2.45) is 7.05 Å². The zero-order valence-electron chi connectivity index (χ0n) is 11.5. The van der Waals surface area contributed by atoms with E-state index in [0.717, 1.165) is 17.6 Å². The molecular weight excluding hydrogens is 269 g/mol. The molecule has 3 aromatic rings. The van der Waals surface area contributed by atoms with Crippen LogP contribution in [0.4, 0.5) is 15.9 Å². The van der Waals surface area contributed by atoms with Crippen molar-refractivity contribution < 1.29 is 4.39 Å². The second kappa shape index (κ2) is 4.18. The van der Waals surface area contributed by atoms with E-state index in [-0.39, 0.29) is 5.82 Å². The molecule has 0 fully saturated rings. The lowest BCUT2D eigenvalue weighted by atomic mass is 10.1. The molecule has 0 atom stereocenters. The molecule has 0 amide bonds. The Morgan fingerprint density at radius 1 is 1.29 bits per heavy atom. The third kappa shape index (κ3) is 1.68. The lowest BCUT2D eigenvalue weighted by Crippen LogP contribution is -2.01. The molecule has 0 aliphatic carbocycles. The molecule has 0 radical (unpaired) electrons. The van der Waals surface area contributed by atoms with E-state index in [0.29, 0.717) is 34.8 Å². The molecule has 0 saturated heterocycles. The highest BCUT2D eigenvalue weighted by Crippen LogP contribution is 2.32. The number of anilines is 2. The van der Waals surface area contributed by atoms with E-state index in [1.54, 1.807) is 6.07 Å². The lowest BCUT2D eigenvalue weighted by molar-refractivity contribution is 0.618. The highest BCUT2D eigenvalue weighted by Gasteiger charge is 2.20. The molecular formula is C15H14FN5. The van der Waals surface area contributed by atoms with Crippen molar-refractivity contribution in [1.29, 1.82) is 0 Å². The van der Waals surface area contributed by atoms with Crippen molar-refractivity contribution in [3.63, 3.8) is 0 Å². The van der Waals surface area contributed by atoms with E-state index >= 15 is 0 Å². The van der Waals surface area contributed by atoms with Crippen LogP contribution < -0.4 is 11.1 Å². The van der Waals surface area contributed by atoms with E-state index in [4.69, 9.17) is 5.73 Å². The molecule has 0 bridgehead atoms. The summed E-state index contributed by atoms with van der Waals surface area (Å²) < 4.78 is 16.5. The van der Waals surface area contributed by atoms with Crippen LogP contribution in [0.1, 0.15) is 5.56 Å². The van der Waals surface area contributed by atoms with Crippen LogP contribution in [0.2, 0.25) is 0 Å². The van der Waals surface area contributed by atoms with Gasteiger partial charge >= 0.3 is 0 Å². The normalized spacial score (nSPS) is 13.4. The van der Waals surface area contributed by atoms with Crippen LogP contribution in [0, 0.1) is 5.82 Å². The summed E-state index contributed by atoms with van der Waals surface area (Å²) in [7, 11) is 1.88. The van der Waals surface area contributed by atoms with Crippen LogP contribution in [0.15, 0.2) is 24.4 Å². The number of fused-ring (bicyclic) bond motifs is 2. The smallest absolute Gasteiger partial charge is 0.166 e. The lowest BCUT2D eigenvalue weighted by Gasteiger charge is -2.08. The second-order valence-corrected chi connectivity index (χ2v) is 5.23. The van der Waals surface area contributed by atoms with Crippen LogP contribution in [0.5, 0.6) is 0 Å². The number of nitrogens with one attached hydrogen (secondary N) is 1. The van der Waals surface area contributed by atoms with E-state index in [9.17, 15) is 4.39 Å². The van der Waals surface area contributed by atoms with E-state index in [1.807, 2.05) is 29.9 Å². The molecule has 6 heteroatoms. The maximum absolute atomic E-state index is 14.7. The molecule has 1 aliphatic heterocycles. The molecule has 3 heterocycles. The minimum absolute atomic E-state index is 0.259. The van der Waals surface area contributed by atoms with Gasteiger partial charge < -0.3 is 15.6 Å². The largest absolute Gasteiger partial charge is 0.384 e. The minimum atomic E-state index is -0.259. The van der Waals surface area contributed by atoms with Crippen molar-refractivity contribution >= 4 is 22.5 Å². The third-order valence-electron chi connectivity index (χ3n) is 3.93. The third-order valence-corrected chi connectivity index (χ3v) is 3.93. The summed E-state index contributed by atoms with van der Waals surface area (Å²) in [4.78, 5) is 8.73. The van der Waals surface area contributed by atoms with Gasteiger partial charge in [-0.15, -0.1) is 0 Å². The number of aryl methyl sites for hydroxylation is 1. The number of hydrogen-bond acceptors (Lipinski definition) is 4. The van der Waals surface area contributed by atoms with E-state index in [2.05, 4.69) is 15.3 Å². The molecule has 106 valence electrons. The van der Waals surface area contributed by atoms with Crippen molar-refractivity contribution in [1.82, 2.24) is 14.5 Å². The van der Waals surface area contributed by atoms with Crippen molar-refractivity contribution in [3.05, 3.63) is 35.8 Å². The fourth-order valence-corrected chi connectivity index (χ4v) is 2.81. The molecule has 1 aliphatic rings. The molecule has 0 spiro atoms. The van der Waals surface area contributed by atoms with Crippen LogP contribution in [-0.4, -0.2) is 21.1 Å². The molecule has 21 heavy (non-hydrogen) atoms. The van der Waals surface area contributed by atoms with Crippen LogP contribution in [0.3, 0.4) is 0 Å². The summed E-state index contributed by atoms with van der Waals surface area (Å²) in [6, 6.07) is 5.43. The number of halogens is 1. The van der Waals surface area contributed by atoms with E-state index < -0.39 is 0 Å². The van der Waals surface area contributed by atoms with Crippen LogP contribution >= 0.6 is 0 Å². The van der Waals surface area contributed by atoms with E-state index in [1.165, 1.54) is 0 Å². The van der Waals surface area contributed by atoms with Gasteiger partial charge in [-0.25, -0.2) is 14.4 Å². The maximum Gasteiger partial charge on any atom is 0.166 e. The van der Waals surface area contributed by atoms with Gasteiger partial charge in [-0.2, -0.15) is 0 Å². The SMILES string of the molecule is Cn1ccc2c(N)nc(-c3ccc4c(c3F)CCN4)nc21. The monoisotopic (exact) mass is 283 g/mol. The summed E-state index contributed by atoms with van der Waals surface area (Å²) in [6.45, 7) is 0.759. The van der Waals surface area contributed by atoms with Crippen LogP contribution in [-0.2, 0) is 13.5 Å². The zero-order valence-corrected chi connectivity index (χ0v) is 11.5. The minimum Gasteiger partial charge on any atom is -0.384 e. The highest BCUT2D eigenvalue weighted by molar-refractivity contribution is 5.88. The summed E-state index contributed by atoms with van der Waals surface area (Å²) >= 11 is 0. The number of nitrogen functional groups attached to an aromatic ring is 1. The summed E-state index contributed by atoms with van der Waals surface area (Å²) in [5.74, 6) is 0.438. The number of benzene rings is 1. The van der Waals surface area contributed by atoms with Gasteiger partial charge in [0, 0.05) is 31.0 Å². The predicted octanol–water partition coefficient (Wildman–Crippen LogP) is 2.32. The number of nitrogens with two attached hydrogens (primary N) is 1. The van der Waals surface area contributed by atoms with Crippen molar-refractivity contribution in [3.8, 4) is 11.4 Å². The first kappa shape index (κ1) is 12.1. The average Bonchev–Trinajstić information content (AvgIpc) is 3.07. The van der Waals surface area contributed by atoms with Gasteiger partial charge in [0.15, 0.2) is 5.82 Å². The van der Waals surface area contributed by atoms with Gasteiger partial charge in [-0.05, 0) is 24.6 Å². The zero-order chi connectivity index (χ0) is 14.6. The molecule has 3 N–H and O–H groups in total. The Morgan fingerprint density at radius 3 is 3.00 bits per heavy atom. The summed E-state index contributed by atoms with van der Waals surface area (Å²) in [5, 5.41) is 3.94. The molecule has 1 aromatic carbocycles. The average molecular weight is 283 g/mol. The molecule has 0 saturated carbocycles. The number of aromatic nitrogens is 3. The first-order chi connectivity index (χ1) is 10.1. The fourth-order valence-electron chi connectivity index (χ4n) is 2.81. The molecule has 2 aromatic heterocycles. The Bertz CT molecular complexity index is 868. The Balaban J connectivity index is 1.96. The molecule has 5 nitrogen and oxygen atoms in total. The predicted molar refractivity (Wildman–Crippen MR) is 80.5 cm³/mol. The summed E-state index contributed by atoms with van der Waals surface area (Å²) in [5.41, 5.74) is 8.62.